The van der Waals surface area contributed by atoms with Gasteiger partial charge in [-0.2, -0.15) is 10.2 Å². The normalized spacial score (nSPS) is 27.4. The van der Waals surface area contributed by atoms with Gasteiger partial charge in [-0.25, -0.2) is 0 Å². The Morgan fingerprint density at radius 3 is 2.88 bits per heavy atom. The van der Waals surface area contributed by atoms with Gasteiger partial charge in [0.15, 0.2) is 0 Å². The van der Waals surface area contributed by atoms with Crippen LogP contribution in [0, 0.1) is 37.0 Å². The SMILES string of the molecule is Cc1cc(C)n(Cc2cc(C(=O)NCC3CC4C=CC3C43CC3)n[nH]2)n1. The monoisotopic (exact) mass is 351 g/mol. The lowest BCUT2D eigenvalue weighted by Crippen LogP contribution is -2.31. The van der Waals surface area contributed by atoms with Gasteiger partial charge in [-0.1, -0.05) is 12.2 Å². The fraction of sp³-hybridized carbons (Fsp3) is 0.550. The van der Waals surface area contributed by atoms with Crippen molar-refractivity contribution in [2.45, 2.75) is 39.7 Å². The van der Waals surface area contributed by atoms with Crippen LogP contribution >= 0.6 is 0 Å². The molecule has 2 aromatic rings. The lowest BCUT2D eigenvalue weighted by Gasteiger charge is -2.19. The Morgan fingerprint density at radius 1 is 1.35 bits per heavy atom. The van der Waals surface area contributed by atoms with Crippen molar-refractivity contribution < 1.29 is 4.79 Å². The summed E-state index contributed by atoms with van der Waals surface area (Å²) in [5, 5.41) is 14.7. The molecular weight excluding hydrogens is 326 g/mol. The minimum absolute atomic E-state index is 0.0857. The molecule has 0 aromatic carbocycles. The number of nitrogens with zero attached hydrogens (tertiary/aromatic N) is 3. The van der Waals surface area contributed by atoms with E-state index in [2.05, 4.69) is 32.8 Å². The van der Waals surface area contributed by atoms with Crippen LogP contribution in [-0.2, 0) is 6.54 Å². The Kier molecular flexibility index (Phi) is 3.39. The summed E-state index contributed by atoms with van der Waals surface area (Å²) in [6.07, 6.45) is 8.78. The molecule has 3 aliphatic rings. The minimum Gasteiger partial charge on any atom is -0.350 e. The molecule has 26 heavy (non-hydrogen) atoms. The van der Waals surface area contributed by atoms with E-state index in [4.69, 9.17) is 0 Å². The molecule has 0 saturated heterocycles. The van der Waals surface area contributed by atoms with Gasteiger partial charge in [0.1, 0.15) is 5.69 Å². The highest BCUT2D eigenvalue weighted by Crippen LogP contribution is 2.69. The number of hydrogen-bond acceptors (Lipinski definition) is 3. The summed E-state index contributed by atoms with van der Waals surface area (Å²) < 4.78 is 1.92. The number of nitrogens with one attached hydrogen (secondary N) is 2. The number of H-pyrrole nitrogens is 1. The zero-order valence-electron chi connectivity index (χ0n) is 15.3. The quantitative estimate of drug-likeness (QED) is 0.813. The van der Waals surface area contributed by atoms with E-state index in [1.165, 1.54) is 19.3 Å². The second-order valence-corrected chi connectivity index (χ2v) is 8.32. The Labute approximate surface area is 153 Å². The van der Waals surface area contributed by atoms with Gasteiger partial charge in [0.2, 0.25) is 0 Å². The maximum Gasteiger partial charge on any atom is 0.271 e. The summed E-state index contributed by atoms with van der Waals surface area (Å²) in [6.45, 7) is 5.36. The molecule has 6 heteroatoms. The van der Waals surface area contributed by atoms with E-state index in [0.29, 0.717) is 29.5 Å². The fourth-order valence-electron chi connectivity index (χ4n) is 5.23. The second-order valence-electron chi connectivity index (χ2n) is 8.32. The largest absolute Gasteiger partial charge is 0.350 e. The first-order chi connectivity index (χ1) is 12.5. The van der Waals surface area contributed by atoms with E-state index >= 15 is 0 Å². The first-order valence-electron chi connectivity index (χ1n) is 9.57. The molecule has 0 aliphatic heterocycles. The smallest absolute Gasteiger partial charge is 0.271 e. The molecule has 136 valence electrons. The average Bonchev–Trinajstić information content (AvgIpc) is 2.84. The van der Waals surface area contributed by atoms with Crippen LogP contribution in [0.2, 0.25) is 0 Å². The van der Waals surface area contributed by atoms with Crippen LogP contribution in [0.25, 0.3) is 0 Å². The molecule has 5 rings (SSSR count). The van der Waals surface area contributed by atoms with Gasteiger partial charge in [0.25, 0.3) is 5.91 Å². The van der Waals surface area contributed by atoms with Crippen LogP contribution in [0.3, 0.4) is 0 Å². The summed E-state index contributed by atoms with van der Waals surface area (Å²) in [6, 6.07) is 3.87. The third kappa shape index (κ3) is 2.42. The molecule has 0 radical (unpaired) electrons. The number of aromatic amines is 1. The number of hydrogen-bond donors (Lipinski definition) is 2. The lowest BCUT2D eigenvalue weighted by molar-refractivity contribution is 0.0939. The van der Waals surface area contributed by atoms with E-state index in [-0.39, 0.29) is 5.91 Å². The molecule has 3 unspecified atom stereocenters. The first kappa shape index (κ1) is 15.9. The molecule has 6 nitrogen and oxygen atoms in total. The topological polar surface area (TPSA) is 75.6 Å². The van der Waals surface area contributed by atoms with Gasteiger partial charge in [-0.3, -0.25) is 14.6 Å². The summed E-state index contributed by atoms with van der Waals surface area (Å²) in [5.41, 5.74) is 4.02. The number of allylic oxidation sites excluding steroid dienone is 2. The van der Waals surface area contributed by atoms with Crippen molar-refractivity contribution in [2.24, 2.45) is 23.2 Å². The van der Waals surface area contributed by atoms with Crippen molar-refractivity contribution in [1.82, 2.24) is 25.3 Å². The minimum atomic E-state index is -0.0857. The van der Waals surface area contributed by atoms with Gasteiger partial charge in [0, 0.05) is 12.2 Å². The molecule has 2 N–H and O–H groups in total. The molecule has 1 spiro atoms. The number of rotatable bonds is 5. The van der Waals surface area contributed by atoms with Gasteiger partial charge in [-0.05, 0) is 68.4 Å². The number of amides is 1. The first-order valence-corrected chi connectivity index (χ1v) is 9.57. The summed E-state index contributed by atoms with van der Waals surface area (Å²) in [7, 11) is 0. The molecule has 3 atom stereocenters. The fourth-order valence-corrected chi connectivity index (χ4v) is 5.23. The van der Waals surface area contributed by atoms with Crippen molar-refractivity contribution in [3.63, 3.8) is 0 Å². The van der Waals surface area contributed by atoms with Crippen molar-refractivity contribution in [3.05, 3.63) is 47.1 Å². The van der Waals surface area contributed by atoms with E-state index in [9.17, 15) is 4.79 Å². The summed E-state index contributed by atoms with van der Waals surface area (Å²) >= 11 is 0. The zero-order chi connectivity index (χ0) is 17.9. The maximum atomic E-state index is 12.5. The molecular formula is C20H25N5O. The van der Waals surface area contributed by atoms with Gasteiger partial charge < -0.3 is 5.32 Å². The molecule has 2 heterocycles. The molecule has 2 aromatic heterocycles. The van der Waals surface area contributed by atoms with Gasteiger partial charge in [-0.15, -0.1) is 0 Å². The third-order valence-corrected chi connectivity index (χ3v) is 6.66. The van der Waals surface area contributed by atoms with Gasteiger partial charge in [0.05, 0.1) is 17.9 Å². The number of aromatic nitrogens is 4. The predicted molar refractivity (Wildman–Crippen MR) is 97.6 cm³/mol. The Bertz CT molecular complexity index is 888. The van der Waals surface area contributed by atoms with Crippen LogP contribution in [0.15, 0.2) is 24.3 Å². The second kappa shape index (κ2) is 5.56. The summed E-state index contributed by atoms with van der Waals surface area (Å²) in [4.78, 5) is 12.5. The van der Waals surface area contributed by atoms with E-state index in [1.807, 2.05) is 30.7 Å². The van der Waals surface area contributed by atoms with Crippen LogP contribution in [-0.4, -0.2) is 32.4 Å². The molecule has 1 amide bonds. The number of carbonyl (C=O) groups is 1. The number of carbonyl (C=O) groups excluding carboxylic acids is 1. The van der Waals surface area contributed by atoms with Crippen LogP contribution < -0.4 is 5.32 Å². The van der Waals surface area contributed by atoms with Crippen molar-refractivity contribution >= 4 is 5.91 Å². The van der Waals surface area contributed by atoms with Crippen LogP contribution in [0.4, 0.5) is 0 Å². The van der Waals surface area contributed by atoms with E-state index in [0.717, 1.165) is 29.5 Å². The Morgan fingerprint density at radius 2 is 2.19 bits per heavy atom. The molecule has 2 saturated carbocycles. The zero-order valence-corrected chi connectivity index (χ0v) is 15.3. The molecule has 2 bridgehead atoms. The lowest BCUT2D eigenvalue weighted by atomic mass is 9.89. The Balaban J connectivity index is 1.20. The van der Waals surface area contributed by atoms with E-state index in [1.54, 1.807) is 0 Å². The molecule has 2 fully saturated rings. The predicted octanol–water partition coefficient (Wildman–Crippen LogP) is 2.60. The maximum absolute atomic E-state index is 12.5. The highest BCUT2D eigenvalue weighted by atomic mass is 16.1. The van der Waals surface area contributed by atoms with Crippen LogP contribution in [0.1, 0.15) is 46.8 Å². The third-order valence-electron chi connectivity index (χ3n) is 6.66. The number of aryl methyl sites for hydroxylation is 2. The van der Waals surface area contributed by atoms with Gasteiger partial charge >= 0.3 is 0 Å². The molecule has 3 aliphatic carbocycles. The van der Waals surface area contributed by atoms with Crippen molar-refractivity contribution in [2.75, 3.05) is 6.54 Å². The van der Waals surface area contributed by atoms with Crippen molar-refractivity contribution in [1.29, 1.82) is 0 Å². The van der Waals surface area contributed by atoms with Crippen molar-refractivity contribution in [3.8, 4) is 0 Å². The highest BCUT2D eigenvalue weighted by Gasteiger charge is 2.62. The summed E-state index contributed by atoms with van der Waals surface area (Å²) in [5.74, 6) is 1.93. The van der Waals surface area contributed by atoms with E-state index < -0.39 is 0 Å². The average molecular weight is 351 g/mol. The Hall–Kier alpha value is -2.37. The van der Waals surface area contributed by atoms with Crippen LogP contribution in [0.5, 0.6) is 0 Å². The standard InChI is InChI=1S/C20H25N5O/c1-12-7-13(2)25(24-12)11-16-9-18(23-22-16)19(26)21-10-14-8-15-3-4-17(14)20(15)5-6-20/h3-4,7,9,14-15,17H,5-6,8,10-11H2,1-2H3,(H,21,26)(H,22,23). The highest BCUT2D eigenvalue weighted by molar-refractivity contribution is 5.92.